The second-order valence-electron chi connectivity index (χ2n) is 5.41. The molecule has 1 aliphatic rings. The third-order valence-corrected chi connectivity index (χ3v) is 6.07. The van der Waals surface area contributed by atoms with E-state index in [1.54, 1.807) is 11.5 Å². The first-order valence-electron chi connectivity index (χ1n) is 6.80. The van der Waals surface area contributed by atoms with Crippen molar-refractivity contribution >= 4 is 23.3 Å². The van der Waals surface area contributed by atoms with Gasteiger partial charge >= 0.3 is 0 Å². The van der Waals surface area contributed by atoms with Gasteiger partial charge in [0.1, 0.15) is 5.82 Å². The Hall–Kier alpha value is -0.130. The van der Waals surface area contributed by atoms with Crippen LogP contribution in [0, 0.1) is 18.8 Å². The maximum absolute atomic E-state index is 4.50. The number of rotatable bonds is 4. The van der Waals surface area contributed by atoms with E-state index in [-0.39, 0.29) is 0 Å². The lowest BCUT2D eigenvalue weighted by molar-refractivity contribution is 0.251. The van der Waals surface area contributed by atoms with Crippen LogP contribution in [0.5, 0.6) is 0 Å². The summed E-state index contributed by atoms with van der Waals surface area (Å²) in [4.78, 5) is 4.50. The van der Waals surface area contributed by atoms with Gasteiger partial charge in [-0.1, -0.05) is 32.5 Å². The van der Waals surface area contributed by atoms with Gasteiger partial charge in [0.25, 0.3) is 0 Å². The van der Waals surface area contributed by atoms with Crippen LogP contribution in [0.2, 0.25) is 0 Å². The van der Waals surface area contributed by atoms with Crippen LogP contribution in [0.3, 0.4) is 0 Å². The summed E-state index contributed by atoms with van der Waals surface area (Å²) >= 11 is 3.47. The molecule has 1 heterocycles. The van der Waals surface area contributed by atoms with Crippen molar-refractivity contribution < 1.29 is 0 Å². The highest BCUT2D eigenvalue weighted by atomic mass is 32.2. The average Bonchev–Trinajstić information content (AvgIpc) is 2.69. The molecule has 18 heavy (non-hydrogen) atoms. The first kappa shape index (κ1) is 14.3. The molecule has 1 fully saturated rings. The molecule has 1 aliphatic carbocycles. The standard InChI is InChI=1S/C13H23N3S2/c1-5-14-11-7-8(2)6-9(3)12(11)17-13-15-10(4)16-18-13/h8-9,11-12,14H,5-7H2,1-4H3. The SMILES string of the molecule is CCNC1CC(C)CC(C)C1Sc1nc(C)ns1. The minimum absolute atomic E-state index is 0.614. The van der Waals surface area contributed by atoms with Crippen molar-refractivity contribution in [2.75, 3.05) is 6.54 Å². The highest BCUT2D eigenvalue weighted by molar-refractivity contribution is 8.01. The Labute approximate surface area is 118 Å². The van der Waals surface area contributed by atoms with Gasteiger partial charge in [-0.3, -0.25) is 0 Å². The highest BCUT2D eigenvalue weighted by Gasteiger charge is 2.34. The van der Waals surface area contributed by atoms with Crippen molar-refractivity contribution in [3.63, 3.8) is 0 Å². The van der Waals surface area contributed by atoms with Crippen LogP contribution >= 0.6 is 23.3 Å². The molecule has 1 N–H and O–H groups in total. The molecule has 0 saturated heterocycles. The summed E-state index contributed by atoms with van der Waals surface area (Å²) in [6, 6.07) is 0.614. The molecular weight excluding hydrogens is 262 g/mol. The Balaban J connectivity index is 2.06. The van der Waals surface area contributed by atoms with Gasteiger partial charge in [0.05, 0.1) is 0 Å². The van der Waals surface area contributed by atoms with Crippen LogP contribution in [-0.4, -0.2) is 27.2 Å². The number of aryl methyl sites for hydroxylation is 1. The minimum Gasteiger partial charge on any atom is -0.313 e. The summed E-state index contributed by atoms with van der Waals surface area (Å²) in [5, 5.41) is 4.29. The summed E-state index contributed by atoms with van der Waals surface area (Å²) < 4.78 is 5.41. The van der Waals surface area contributed by atoms with E-state index in [1.807, 2.05) is 18.7 Å². The predicted octanol–water partition coefficient (Wildman–Crippen LogP) is 3.35. The number of hydrogen-bond acceptors (Lipinski definition) is 5. The molecule has 1 aromatic heterocycles. The monoisotopic (exact) mass is 285 g/mol. The molecule has 2 rings (SSSR count). The van der Waals surface area contributed by atoms with E-state index in [2.05, 4.69) is 35.4 Å². The van der Waals surface area contributed by atoms with Crippen LogP contribution < -0.4 is 5.32 Å². The number of aromatic nitrogens is 2. The van der Waals surface area contributed by atoms with E-state index < -0.39 is 0 Å². The van der Waals surface area contributed by atoms with Crippen molar-refractivity contribution in [1.82, 2.24) is 14.7 Å². The molecule has 5 heteroatoms. The third kappa shape index (κ3) is 3.45. The summed E-state index contributed by atoms with van der Waals surface area (Å²) in [7, 11) is 0. The highest BCUT2D eigenvalue weighted by Crippen LogP contribution is 2.40. The van der Waals surface area contributed by atoms with Gasteiger partial charge < -0.3 is 5.32 Å². The van der Waals surface area contributed by atoms with Gasteiger partial charge in [0, 0.05) is 11.3 Å². The lowest BCUT2D eigenvalue weighted by Gasteiger charge is -2.39. The van der Waals surface area contributed by atoms with E-state index in [0.717, 1.165) is 28.5 Å². The Kier molecular flexibility index (Phi) is 5.04. The third-order valence-electron chi connectivity index (χ3n) is 3.60. The zero-order valence-electron chi connectivity index (χ0n) is 11.6. The molecule has 4 unspecified atom stereocenters. The molecule has 0 spiro atoms. The lowest BCUT2D eigenvalue weighted by atomic mass is 9.80. The fourth-order valence-corrected chi connectivity index (χ4v) is 5.11. The van der Waals surface area contributed by atoms with E-state index in [0.29, 0.717) is 11.3 Å². The molecule has 1 saturated carbocycles. The fraction of sp³-hybridized carbons (Fsp3) is 0.846. The Bertz CT molecular complexity index is 380. The first-order chi connectivity index (χ1) is 8.60. The number of thioether (sulfide) groups is 1. The van der Waals surface area contributed by atoms with E-state index >= 15 is 0 Å². The first-order valence-corrected chi connectivity index (χ1v) is 8.45. The molecule has 1 aromatic rings. The maximum Gasteiger partial charge on any atom is 0.170 e. The summed E-state index contributed by atoms with van der Waals surface area (Å²) in [6.07, 6.45) is 2.62. The lowest BCUT2D eigenvalue weighted by Crippen LogP contribution is -2.46. The maximum atomic E-state index is 4.50. The summed E-state index contributed by atoms with van der Waals surface area (Å²) in [5.41, 5.74) is 0. The fourth-order valence-electron chi connectivity index (χ4n) is 2.93. The second kappa shape index (κ2) is 6.35. The van der Waals surface area contributed by atoms with Gasteiger partial charge in [0.2, 0.25) is 0 Å². The van der Waals surface area contributed by atoms with Crippen molar-refractivity contribution in [1.29, 1.82) is 0 Å². The minimum atomic E-state index is 0.614. The molecule has 0 bridgehead atoms. The van der Waals surface area contributed by atoms with Crippen molar-refractivity contribution in [3.05, 3.63) is 5.82 Å². The largest absolute Gasteiger partial charge is 0.313 e. The molecule has 3 nitrogen and oxygen atoms in total. The normalized spacial score (nSPS) is 32.7. The van der Waals surface area contributed by atoms with Crippen molar-refractivity contribution in [2.45, 2.75) is 56.2 Å². The smallest absolute Gasteiger partial charge is 0.170 e. The Morgan fingerprint density at radius 1 is 1.39 bits per heavy atom. The molecule has 102 valence electrons. The van der Waals surface area contributed by atoms with Crippen LogP contribution in [0.1, 0.15) is 39.4 Å². The zero-order valence-corrected chi connectivity index (χ0v) is 13.3. The van der Waals surface area contributed by atoms with Gasteiger partial charge in [0.15, 0.2) is 4.34 Å². The molecule has 0 amide bonds. The van der Waals surface area contributed by atoms with Crippen LogP contribution in [0.25, 0.3) is 0 Å². The van der Waals surface area contributed by atoms with E-state index in [4.69, 9.17) is 0 Å². The van der Waals surface area contributed by atoms with Gasteiger partial charge in [-0.05, 0) is 49.7 Å². The number of hydrogen-bond donors (Lipinski definition) is 1. The van der Waals surface area contributed by atoms with Gasteiger partial charge in [-0.2, -0.15) is 4.37 Å². The summed E-state index contributed by atoms with van der Waals surface area (Å²) in [5.74, 6) is 2.48. The van der Waals surface area contributed by atoms with Crippen molar-refractivity contribution in [2.24, 2.45) is 11.8 Å². The van der Waals surface area contributed by atoms with Gasteiger partial charge in [-0.25, -0.2) is 4.98 Å². The molecule has 0 aliphatic heterocycles. The topological polar surface area (TPSA) is 37.8 Å². The average molecular weight is 285 g/mol. The molecule has 0 radical (unpaired) electrons. The quantitative estimate of drug-likeness (QED) is 0.920. The number of nitrogens with zero attached hydrogens (tertiary/aromatic N) is 2. The zero-order chi connectivity index (χ0) is 13.1. The Morgan fingerprint density at radius 2 is 2.17 bits per heavy atom. The second-order valence-corrected chi connectivity index (χ2v) is 7.58. The van der Waals surface area contributed by atoms with E-state index in [1.165, 1.54) is 12.8 Å². The van der Waals surface area contributed by atoms with Gasteiger partial charge in [-0.15, -0.1) is 0 Å². The van der Waals surface area contributed by atoms with Crippen LogP contribution in [0.4, 0.5) is 0 Å². The predicted molar refractivity (Wildman–Crippen MR) is 79.3 cm³/mol. The molecular formula is C13H23N3S2. The molecule has 4 atom stereocenters. The Morgan fingerprint density at radius 3 is 2.78 bits per heavy atom. The molecule has 0 aromatic carbocycles. The van der Waals surface area contributed by atoms with E-state index in [9.17, 15) is 0 Å². The number of nitrogens with one attached hydrogen (secondary N) is 1. The summed E-state index contributed by atoms with van der Waals surface area (Å²) in [6.45, 7) is 9.97. The van der Waals surface area contributed by atoms with Crippen molar-refractivity contribution in [3.8, 4) is 0 Å². The van der Waals surface area contributed by atoms with Crippen LogP contribution in [0.15, 0.2) is 4.34 Å². The van der Waals surface area contributed by atoms with Crippen LogP contribution in [-0.2, 0) is 0 Å².